The zero-order valence-electron chi connectivity index (χ0n) is 21.4. The Morgan fingerprint density at radius 3 is 2.17 bits per heavy atom. The van der Waals surface area contributed by atoms with Crippen molar-refractivity contribution in [3.05, 3.63) is 72.1 Å². The van der Waals surface area contributed by atoms with Gasteiger partial charge >= 0.3 is 7.12 Å². The Kier molecular flexibility index (Phi) is 6.76. The molecular weight excluding hydrogens is 437 g/mol. The highest BCUT2D eigenvalue weighted by Gasteiger charge is 2.51. The molecular formula is C28H34BN3O3. The summed E-state index contributed by atoms with van der Waals surface area (Å²) in [6.07, 6.45) is 2.49. The molecule has 0 spiro atoms. The lowest BCUT2D eigenvalue weighted by molar-refractivity contribution is 0.00578. The quantitative estimate of drug-likeness (QED) is 0.387. The Morgan fingerprint density at radius 2 is 1.60 bits per heavy atom. The molecule has 35 heavy (non-hydrogen) atoms. The van der Waals surface area contributed by atoms with Crippen LogP contribution in [0, 0.1) is 5.92 Å². The number of nitrogens with one attached hydrogen (secondary N) is 1. The number of benzene rings is 2. The summed E-state index contributed by atoms with van der Waals surface area (Å²) in [6, 6.07) is 17.4. The van der Waals surface area contributed by atoms with Gasteiger partial charge in [0.2, 0.25) is 0 Å². The van der Waals surface area contributed by atoms with Crippen molar-refractivity contribution in [1.82, 2.24) is 4.98 Å². The van der Waals surface area contributed by atoms with Crippen molar-refractivity contribution in [1.29, 1.82) is 0 Å². The molecule has 1 aromatic heterocycles. The van der Waals surface area contributed by atoms with Crippen LogP contribution in [0.5, 0.6) is 0 Å². The summed E-state index contributed by atoms with van der Waals surface area (Å²) in [5.74, 6) is 0.268. The number of anilines is 2. The Hall–Kier alpha value is -3.16. The first-order valence-electron chi connectivity index (χ1n) is 12.1. The van der Waals surface area contributed by atoms with Crippen LogP contribution in [0.15, 0.2) is 60.8 Å². The molecule has 1 aliphatic rings. The molecule has 1 fully saturated rings. The molecule has 0 saturated carbocycles. The molecule has 0 atom stereocenters. The average Bonchev–Trinajstić information content (AvgIpc) is 3.02. The van der Waals surface area contributed by atoms with E-state index in [2.05, 4.69) is 24.1 Å². The largest absolute Gasteiger partial charge is 0.494 e. The normalized spacial score (nSPS) is 16.5. The fourth-order valence-corrected chi connectivity index (χ4v) is 3.95. The van der Waals surface area contributed by atoms with Gasteiger partial charge in [-0.25, -0.2) is 0 Å². The molecule has 1 saturated heterocycles. The summed E-state index contributed by atoms with van der Waals surface area (Å²) in [6.45, 7) is 12.5. The van der Waals surface area contributed by atoms with Gasteiger partial charge in [0.25, 0.3) is 5.91 Å². The van der Waals surface area contributed by atoms with Crippen LogP contribution in [-0.4, -0.2) is 29.2 Å². The summed E-state index contributed by atoms with van der Waals surface area (Å²) < 4.78 is 12.3. The van der Waals surface area contributed by atoms with Gasteiger partial charge in [-0.05, 0) is 80.9 Å². The van der Waals surface area contributed by atoms with E-state index in [1.54, 1.807) is 18.3 Å². The summed E-state index contributed by atoms with van der Waals surface area (Å²) in [5.41, 5.74) is 10.8. The molecule has 0 bridgehead atoms. The molecule has 2 aromatic carbocycles. The van der Waals surface area contributed by atoms with Crippen LogP contribution in [-0.2, 0) is 15.7 Å². The van der Waals surface area contributed by atoms with Crippen molar-refractivity contribution in [3.8, 4) is 11.1 Å². The van der Waals surface area contributed by atoms with Gasteiger partial charge in [0.1, 0.15) is 0 Å². The molecule has 4 rings (SSSR count). The minimum absolute atomic E-state index is 0.242. The van der Waals surface area contributed by atoms with Crippen molar-refractivity contribution >= 4 is 29.9 Å². The van der Waals surface area contributed by atoms with Crippen molar-refractivity contribution in [2.45, 2.75) is 59.2 Å². The predicted molar refractivity (Wildman–Crippen MR) is 143 cm³/mol. The molecule has 7 heteroatoms. The number of amides is 1. The standard InChI is InChI=1S/C28H34BN3O3/c1-18(2)15-23-13-9-21(17-31-23)26(33)32-25-16-20(10-14-24(25)30)19-7-11-22(12-8-19)29-34-27(3,4)28(5,6)35-29/h7-14,16-18H,15,30H2,1-6H3,(H,32,33). The van der Waals surface area contributed by atoms with Gasteiger partial charge in [-0.1, -0.05) is 44.2 Å². The van der Waals surface area contributed by atoms with Gasteiger partial charge in [0.05, 0.1) is 28.1 Å². The minimum atomic E-state index is -0.407. The average molecular weight is 471 g/mol. The number of rotatable bonds is 6. The third-order valence-electron chi connectivity index (χ3n) is 6.78. The summed E-state index contributed by atoms with van der Waals surface area (Å²) in [5, 5.41) is 2.93. The van der Waals surface area contributed by atoms with Gasteiger partial charge in [-0.3, -0.25) is 9.78 Å². The monoisotopic (exact) mass is 471 g/mol. The first kappa shape index (κ1) is 25.0. The van der Waals surface area contributed by atoms with E-state index in [0.717, 1.165) is 28.7 Å². The van der Waals surface area contributed by atoms with Crippen LogP contribution in [0.25, 0.3) is 11.1 Å². The first-order chi connectivity index (χ1) is 16.4. The van der Waals surface area contributed by atoms with Crippen LogP contribution in [0.4, 0.5) is 11.4 Å². The number of nitrogens with two attached hydrogens (primary N) is 1. The van der Waals surface area contributed by atoms with Gasteiger partial charge in [-0.2, -0.15) is 0 Å². The van der Waals surface area contributed by atoms with Gasteiger partial charge in [-0.15, -0.1) is 0 Å². The maximum Gasteiger partial charge on any atom is 0.494 e. The molecule has 0 aliphatic carbocycles. The van der Waals surface area contributed by atoms with Crippen molar-refractivity contribution in [2.75, 3.05) is 11.1 Å². The SMILES string of the molecule is CC(C)Cc1ccc(C(=O)Nc2cc(-c3ccc(B4OC(C)(C)C(C)(C)O4)cc3)ccc2N)cn1. The number of carbonyl (C=O) groups is 1. The van der Waals surface area contributed by atoms with Crippen LogP contribution < -0.4 is 16.5 Å². The Labute approximate surface area is 208 Å². The zero-order chi connectivity index (χ0) is 25.4. The van der Waals surface area contributed by atoms with Crippen molar-refractivity contribution < 1.29 is 14.1 Å². The van der Waals surface area contributed by atoms with Gasteiger partial charge < -0.3 is 20.4 Å². The lowest BCUT2D eigenvalue weighted by Gasteiger charge is -2.32. The number of hydrogen-bond donors (Lipinski definition) is 2. The Morgan fingerprint density at radius 1 is 0.971 bits per heavy atom. The van der Waals surface area contributed by atoms with E-state index < -0.39 is 7.12 Å². The number of nitrogen functional groups attached to an aromatic ring is 1. The van der Waals surface area contributed by atoms with Crippen molar-refractivity contribution in [2.24, 2.45) is 5.92 Å². The molecule has 0 radical (unpaired) electrons. The van der Waals surface area contributed by atoms with Crippen LogP contribution in [0.3, 0.4) is 0 Å². The maximum absolute atomic E-state index is 12.8. The van der Waals surface area contributed by atoms with Gasteiger partial charge in [0.15, 0.2) is 0 Å². The van der Waals surface area contributed by atoms with Crippen LogP contribution >= 0.6 is 0 Å². The fourth-order valence-electron chi connectivity index (χ4n) is 3.95. The minimum Gasteiger partial charge on any atom is -0.399 e. The Balaban J connectivity index is 1.49. The lowest BCUT2D eigenvalue weighted by atomic mass is 9.78. The highest BCUT2D eigenvalue weighted by atomic mass is 16.7. The van der Waals surface area contributed by atoms with E-state index in [9.17, 15) is 4.79 Å². The molecule has 6 nitrogen and oxygen atoms in total. The van der Waals surface area contributed by atoms with Gasteiger partial charge in [0, 0.05) is 11.9 Å². The third kappa shape index (κ3) is 5.41. The smallest absolute Gasteiger partial charge is 0.399 e. The fraction of sp³-hybridized carbons (Fsp3) is 0.357. The number of nitrogens with zero attached hydrogens (tertiary/aromatic N) is 1. The first-order valence-corrected chi connectivity index (χ1v) is 12.1. The number of hydrogen-bond acceptors (Lipinski definition) is 5. The van der Waals surface area contributed by atoms with Crippen LogP contribution in [0.2, 0.25) is 0 Å². The molecule has 1 aliphatic heterocycles. The number of aromatic nitrogens is 1. The summed E-state index contributed by atoms with van der Waals surface area (Å²) >= 11 is 0. The van der Waals surface area contributed by atoms with E-state index in [1.807, 2.05) is 70.2 Å². The third-order valence-corrected chi connectivity index (χ3v) is 6.78. The maximum atomic E-state index is 12.8. The van der Waals surface area contributed by atoms with Crippen molar-refractivity contribution in [3.63, 3.8) is 0 Å². The van der Waals surface area contributed by atoms with E-state index in [1.165, 1.54) is 0 Å². The molecule has 3 N–H and O–H groups in total. The van der Waals surface area contributed by atoms with E-state index >= 15 is 0 Å². The predicted octanol–water partition coefficient (Wildman–Crippen LogP) is 5.08. The number of carbonyl (C=O) groups excluding carboxylic acids is 1. The Bertz CT molecular complexity index is 1190. The molecule has 3 aromatic rings. The second-order valence-electron chi connectivity index (χ2n) is 10.6. The highest BCUT2D eigenvalue weighted by molar-refractivity contribution is 6.62. The topological polar surface area (TPSA) is 86.5 Å². The second kappa shape index (κ2) is 9.48. The lowest BCUT2D eigenvalue weighted by Crippen LogP contribution is -2.41. The summed E-state index contributed by atoms with van der Waals surface area (Å²) in [7, 11) is -0.407. The second-order valence-corrected chi connectivity index (χ2v) is 10.6. The summed E-state index contributed by atoms with van der Waals surface area (Å²) in [4.78, 5) is 17.2. The molecule has 1 amide bonds. The molecule has 182 valence electrons. The van der Waals surface area contributed by atoms with E-state index in [-0.39, 0.29) is 17.1 Å². The van der Waals surface area contributed by atoms with E-state index in [0.29, 0.717) is 22.9 Å². The zero-order valence-corrected chi connectivity index (χ0v) is 21.4. The number of pyridine rings is 1. The van der Waals surface area contributed by atoms with Crippen LogP contribution in [0.1, 0.15) is 57.6 Å². The van der Waals surface area contributed by atoms with E-state index in [4.69, 9.17) is 15.0 Å². The highest BCUT2D eigenvalue weighted by Crippen LogP contribution is 2.36. The molecule has 0 unspecified atom stereocenters. The molecule has 2 heterocycles.